The van der Waals surface area contributed by atoms with Crippen molar-refractivity contribution in [2.75, 3.05) is 6.61 Å². The van der Waals surface area contributed by atoms with Crippen molar-refractivity contribution in [1.29, 1.82) is 0 Å². The molecule has 0 bridgehead atoms. The van der Waals surface area contributed by atoms with E-state index in [-0.39, 0.29) is 12.4 Å². The summed E-state index contributed by atoms with van der Waals surface area (Å²) in [4.78, 5) is 37.2. The number of hydrazone groups is 1. The van der Waals surface area contributed by atoms with E-state index in [1.807, 2.05) is 18.2 Å². The lowest BCUT2D eigenvalue weighted by Crippen LogP contribution is -2.41. The molecule has 3 amide bonds. The van der Waals surface area contributed by atoms with Gasteiger partial charge in [-0.25, -0.2) is 5.43 Å². The second kappa shape index (κ2) is 10.9. The van der Waals surface area contributed by atoms with Crippen LogP contribution in [0.3, 0.4) is 0 Å². The number of ether oxygens (including phenoxy) is 1. The van der Waals surface area contributed by atoms with Crippen LogP contribution in [0.2, 0.25) is 5.02 Å². The predicted octanol–water partition coefficient (Wildman–Crippen LogP) is 3.55. The van der Waals surface area contributed by atoms with Gasteiger partial charge < -0.3 is 9.15 Å². The lowest BCUT2D eigenvalue weighted by molar-refractivity contribution is -0.123. The Morgan fingerprint density at radius 1 is 1.03 bits per heavy atom. The normalized spacial score (nSPS) is 13.6. The molecule has 2 aromatic carbocycles. The number of carbonyl (C=O) groups is 3. The summed E-state index contributed by atoms with van der Waals surface area (Å²) >= 11 is 5.90. The highest BCUT2D eigenvalue weighted by Gasteiger charge is 2.28. The van der Waals surface area contributed by atoms with Crippen molar-refractivity contribution in [1.82, 2.24) is 16.3 Å². The molecule has 4 rings (SSSR count). The molecule has 0 aliphatic heterocycles. The van der Waals surface area contributed by atoms with Gasteiger partial charge in [-0.15, -0.1) is 0 Å². The van der Waals surface area contributed by atoms with E-state index in [1.165, 1.54) is 6.07 Å². The zero-order valence-electron chi connectivity index (χ0n) is 18.9. The molecule has 0 spiro atoms. The summed E-state index contributed by atoms with van der Waals surface area (Å²) < 4.78 is 11.2. The summed E-state index contributed by atoms with van der Waals surface area (Å²) in [6, 6.07) is 15.3. The van der Waals surface area contributed by atoms with E-state index < -0.39 is 17.7 Å². The molecule has 1 aromatic heterocycles. The minimum Gasteiger partial charge on any atom is -0.484 e. The van der Waals surface area contributed by atoms with Crippen molar-refractivity contribution in [2.45, 2.75) is 26.2 Å². The molecule has 35 heavy (non-hydrogen) atoms. The minimum atomic E-state index is -0.605. The van der Waals surface area contributed by atoms with Gasteiger partial charge >= 0.3 is 5.91 Å². The van der Waals surface area contributed by atoms with Gasteiger partial charge in [-0.2, -0.15) is 5.10 Å². The first kappa shape index (κ1) is 24.0. The average molecular weight is 495 g/mol. The number of nitrogens with one attached hydrogen (secondary N) is 3. The van der Waals surface area contributed by atoms with Crippen LogP contribution in [0.15, 0.2) is 64.1 Å². The van der Waals surface area contributed by atoms with Crippen LogP contribution in [0, 0.1) is 6.92 Å². The Hall–Kier alpha value is -4.11. The lowest BCUT2D eigenvalue weighted by atomic mass is 9.93. The quantitative estimate of drug-likeness (QED) is 0.452. The van der Waals surface area contributed by atoms with Gasteiger partial charge in [0.1, 0.15) is 11.5 Å². The van der Waals surface area contributed by atoms with E-state index in [0.29, 0.717) is 51.8 Å². The van der Waals surface area contributed by atoms with Gasteiger partial charge in [-0.3, -0.25) is 25.2 Å². The second-order valence-electron chi connectivity index (χ2n) is 7.82. The monoisotopic (exact) mass is 494 g/mol. The Morgan fingerprint density at radius 3 is 2.57 bits per heavy atom. The Kier molecular flexibility index (Phi) is 7.47. The van der Waals surface area contributed by atoms with Crippen molar-refractivity contribution in [3.8, 4) is 5.75 Å². The molecule has 0 saturated carbocycles. The highest BCUT2D eigenvalue weighted by atomic mass is 35.5. The smallest absolute Gasteiger partial charge is 0.305 e. The fourth-order valence-electron chi connectivity index (χ4n) is 3.70. The fraction of sp³-hybridized carbons (Fsp3) is 0.200. The lowest BCUT2D eigenvalue weighted by Gasteiger charge is -2.13. The molecule has 1 aliphatic rings. The van der Waals surface area contributed by atoms with Crippen LogP contribution in [0.5, 0.6) is 5.75 Å². The van der Waals surface area contributed by atoms with Gasteiger partial charge in [0.25, 0.3) is 11.8 Å². The molecule has 0 radical (unpaired) electrons. The minimum absolute atomic E-state index is 0.0646. The van der Waals surface area contributed by atoms with Crippen LogP contribution in [0.1, 0.15) is 50.6 Å². The summed E-state index contributed by atoms with van der Waals surface area (Å²) in [5.74, 6) is -0.275. The Bertz CT molecular complexity index is 1290. The molecule has 10 heteroatoms. The number of amides is 3. The Balaban J connectivity index is 1.40. The number of furan rings is 1. The first-order valence-electron chi connectivity index (χ1n) is 10.9. The molecule has 0 fully saturated rings. The van der Waals surface area contributed by atoms with E-state index >= 15 is 0 Å². The number of hydrogen-bond acceptors (Lipinski definition) is 6. The van der Waals surface area contributed by atoms with Gasteiger partial charge in [0.15, 0.2) is 12.4 Å². The van der Waals surface area contributed by atoms with E-state index in [4.69, 9.17) is 20.8 Å². The van der Waals surface area contributed by atoms with Crippen LogP contribution in [-0.2, 0) is 11.2 Å². The summed E-state index contributed by atoms with van der Waals surface area (Å²) in [7, 11) is 0. The number of para-hydroxylation sites is 1. The van der Waals surface area contributed by atoms with E-state index in [9.17, 15) is 14.4 Å². The standard InChI is InChI=1S/C25H23ClN4O5/c1-15-22-19(27-28-21(31)14-34-18-9-3-2-4-10-18)11-6-12-20(22)35-23(15)25(33)30-29-24(32)16-7-5-8-17(26)13-16/h2-5,7-10,13H,6,11-12,14H2,1H3,(H,28,31)(H,29,32)(H,30,33)/b27-19+. The number of rotatable bonds is 6. The SMILES string of the molecule is Cc1c(C(=O)NNC(=O)c2cccc(Cl)c2)oc2c1/C(=N/NC(=O)COc1ccccc1)CCC2. The van der Waals surface area contributed by atoms with Crippen LogP contribution in [-0.4, -0.2) is 30.0 Å². The van der Waals surface area contributed by atoms with Gasteiger partial charge in [0.2, 0.25) is 0 Å². The second-order valence-corrected chi connectivity index (χ2v) is 8.26. The first-order valence-corrected chi connectivity index (χ1v) is 11.3. The summed E-state index contributed by atoms with van der Waals surface area (Å²) in [5, 5.41) is 4.66. The number of benzene rings is 2. The van der Waals surface area contributed by atoms with Crippen molar-refractivity contribution in [3.63, 3.8) is 0 Å². The molecule has 3 aromatic rings. The summed E-state index contributed by atoms with van der Waals surface area (Å²) in [5.41, 5.74) is 9.39. The topological polar surface area (TPSA) is 122 Å². The molecule has 1 heterocycles. The third-order valence-corrected chi connectivity index (χ3v) is 5.57. The Labute approximate surface area is 206 Å². The number of hydrazine groups is 1. The number of aryl methyl sites for hydroxylation is 1. The van der Waals surface area contributed by atoms with E-state index in [1.54, 1.807) is 37.3 Å². The number of carbonyl (C=O) groups excluding carboxylic acids is 3. The van der Waals surface area contributed by atoms with E-state index in [2.05, 4.69) is 21.4 Å². The van der Waals surface area contributed by atoms with Crippen molar-refractivity contribution < 1.29 is 23.5 Å². The molecular weight excluding hydrogens is 472 g/mol. The van der Waals surface area contributed by atoms with Gasteiger partial charge in [-0.1, -0.05) is 35.9 Å². The first-order chi connectivity index (χ1) is 16.9. The van der Waals surface area contributed by atoms with Crippen LogP contribution < -0.4 is 21.0 Å². The Morgan fingerprint density at radius 2 is 1.80 bits per heavy atom. The maximum absolute atomic E-state index is 12.7. The van der Waals surface area contributed by atoms with Crippen molar-refractivity contribution in [3.05, 3.63) is 87.8 Å². The van der Waals surface area contributed by atoms with Gasteiger partial charge in [0, 0.05) is 28.1 Å². The molecule has 9 nitrogen and oxygen atoms in total. The molecule has 0 unspecified atom stereocenters. The maximum atomic E-state index is 12.7. The maximum Gasteiger partial charge on any atom is 0.305 e. The zero-order valence-corrected chi connectivity index (χ0v) is 19.6. The van der Waals surface area contributed by atoms with Crippen LogP contribution in [0.25, 0.3) is 0 Å². The van der Waals surface area contributed by atoms with Crippen molar-refractivity contribution in [2.24, 2.45) is 5.10 Å². The third kappa shape index (κ3) is 5.88. The summed E-state index contributed by atoms with van der Waals surface area (Å²) in [6.07, 6.45) is 1.99. The molecule has 1 aliphatic carbocycles. The van der Waals surface area contributed by atoms with Gasteiger partial charge in [-0.05, 0) is 50.1 Å². The van der Waals surface area contributed by atoms with Gasteiger partial charge in [0.05, 0.1) is 5.71 Å². The molecule has 0 saturated heterocycles. The predicted molar refractivity (Wildman–Crippen MR) is 129 cm³/mol. The van der Waals surface area contributed by atoms with Crippen molar-refractivity contribution >= 4 is 35.0 Å². The number of halogens is 1. The van der Waals surface area contributed by atoms with Crippen LogP contribution >= 0.6 is 11.6 Å². The fourth-order valence-corrected chi connectivity index (χ4v) is 3.89. The zero-order chi connectivity index (χ0) is 24.8. The number of fused-ring (bicyclic) bond motifs is 1. The third-order valence-electron chi connectivity index (χ3n) is 5.34. The highest BCUT2D eigenvalue weighted by Crippen LogP contribution is 2.29. The van der Waals surface area contributed by atoms with E-state index in [0.717, 1.165) is 6.42 Å². The summed E-state index contributed by atoms with van der Waals surface area (Å²) in [6.45, 7) is 1.55. The largest absolute Gasteiger partial charge is 0.484 e. The molecule has 0 atom stereocenters. The highest BCUT2D eigenvalue weighted by molar-refractivity contribution is 6.31. The number of nitrogens with zero attached hydrogens (tertiary/aromatic N) is 1. The number of hydrogen-bond donors (Lipinski definition) is 3. The van der Waals surface area contributed by atoms with Crippen LogP contribution in [0.4, 0.5) is 0 Å². The molecule has 3 N–H and O–H groups in total. The average Bonchev–Trinajstić information content (AvgIpc) is 3.22. The molecular formula is C25H23ClN4O5. The molecule has 180 valence electrons.